The van der Waals surface area contributed by atoms with Gasteiger partial charge >= 0.3 is 5.97 Å². The van der Waals surface area contributed by atoms with Crippen molar-refractivity contribution in [1.29, 1.82) is 0 Å². The van der Waals surface area contributed by atoms with Gasteiger partial charge in [0.15, 0.2) is 0 Å². The van der Waals surface area contributed by atoms with Crippen molar-refractivity contribution in [2.24, 2.45) is 0 Å². The molecule has 0 bridgehead atoms. The number of rotatable bonds is 6. The number of aliphatic carboxylic acids is 1. The van der Waals surface area contributed by atoms with Gasteiger partial charge in [0.2, 0.25) is 10.0 Å². The van der Waals surface area contributed by atoms with E-state index < -0.39 is 22.5 Å². The Morgan fingerprint density at radius 1 is 1.44 bits per heavy atom. The lowest BCUT2D eigenvalue weighted by atomic mass is 10.3. The Balaban J connectivity index is 2.45. The number of sulfonamides is 1. The van der Waals surface area contributed by atoms with Gasteiger partial charge in [0, 0.05) is 18.3 Å². The summed E-state index contributed by atoms with van der Waals surface area (Å²) < 4.78 is 24.6. The van der Waals surface area contributed by atoms with Crippen LogP contribution in [-0.2, 0) is 21.2 Å². The molecule has 0 radical (unpaired) electrons. The summed E-state index contributed by atoms with van der Waals surface area (Å²) >= 11 is 0. The average molecular weight is 244 g/mol. The van der Waals surface area contributed by atoms with E-state index in [-0.39, 0.29) is 12.2 Å². The van der Waals surface area contributed by atoms with Gasteiger partial charge in [0.05, 0.1) is 5.75 Å². The normalized spacial score (nSPS) is 11.2. The first-order valence-electron chi connectivity index (χ1n) is 4.59. The van der Waals surface area contributed by atoms with Gasteiger partial charge in [0.1, 0.15) is 6.54 Å². The third-order valence-electron chi connectivity index (χ3n) is 1.80. The van der Waals surface area contributed by atoms with Crippen LogP contribution in [0.25, 0.3) is 0 Å². The minimum atomic E-state index is -3.55. The molecule has 0 unspecified atom stereocenters. The van der Waals surface area contributed by atoms with Gasteiger partial charge in [-0.2, -0.15) is 0 Å². The predicted octanol–water partition coefficient (Wildman–Crippen LogP) is -0.372. The maximum atomic E-state index is 11.3. The molecule has 0 saturated carbocycles. The van der Waals surface area contributed by atoms with Gasteiger partial charge in [-0.05, 0) is 12.1 Å². The molecule has 0 spiro atoms. The number of carboxylic acid groups (broad SMARTS) is 1. The molecule has 16 heavy (non-hydrogen) atoms. The van der Waals surface area contributed by atoms with E-state index in [0.29, 0.717) is 5.69 Å². The minimum absolute atomic E-state index is 0.169. The van der Waals surface area contributed by atoms with E-state index in [1.807, 2.05) is 4.72 Å². The van der Waals surface area contributed by atoms with Gasteiger partial charge in [-0.25, -0.2) is 13.1 Å². The van der Waals surface area contributed by atoms with Gasteiger partial charge in [0.25, 0.3) is 0 Å². The van der Waals surface area contributed by atoms with E-state index in [0.717, 1.165) is 0 Å². The van der Waals surface area contributed by atoms with Gasteiger partial charge in [-0.3, -0.25) is 9.78 Å². The number of aromatic nitrogens is 1. The number of nitrogens with one attached hydrogen (secondary N) is 1. The molecule has 1 aromatic heterocycles. The van der Waals surface area contributed by atoms with Crippen LogP contribution in [0.3, 0.4) is 0 Å². The molecule has 7 heteroatoms. The minimum Gasteiger partial charge on any atom is -0.480 e. The number of aryl methyl sites for hydroxylation is 1. The molecule has 0 aliphatic rings. The van der Waals surface area contributed by atoms with Crippen molar-refractivity contribution >= 4 is 16.0 Å². The van der Waals surface area contributed by atoms with Crippen LogP contribution in [0.1, 0.15) is 5.69 Å². The Kier molecular flexibility index (Phi) is 4.39. The zero-order valence-electron chi connectivity index (χ0n) is 8.46. The molecule has 1 rings (SSSR count). The van der Waals surface area contributed by atoms with E-state index in [1.165, 1.54) is 0 Å². The number of carboxylic acids is 1. The highest BCUT2D eigenvalue weighted by molar-refractivity contribution is 7.89. The van der Waals surface area contributed by atoms with Crippen LogP contribution in [-0.4, -0.2) is 36.8 Å². The molecular weight excluding hydrogens is 232 g/mol. The summed E-state index contributed by atoms with van der Waals surface area (Å²) in [5.74, 6) is -1.38. The Morgan fingerprint density at radius 2 is 2.19 bits per heavy atom. The first kappa shape index (κ1) is 12.6. The lowest BCUT2D eigenvalue weighted by molar-refractivity contribution is -0.135. The summed E-state index contributed by atoms with van der Waals surface area (Å²) in [6.07, 6.45) is 1.84. The molecule has 0 amide bonds. The molecule has 6 nitrogen and oxygen atoms in total. The highest BCUT2D eigenvalue weighted by Gasteiger charge is 2.11. The van der Waals surface area contributed by atoms with E-state index in [1.54, 1.807) is 24.4 Å². The quantitative estimate of drug-likeness (QED) is 0.711. The van der Waals surface area contributed by atoms with E-state index >= 15 is 0 Å². The molecule has 0 saturated heterocycles. The van der Waals surface area contributed by atoms with Crippen LogP contribution in [0.15, 0.2) is 24.4 Å². The van der Waals surface area contributed by atoms with Crippen LogP contribution < -0.4 is 4.72 Å². The Bertz CT molecular complexity index is 444. The van der Waals surface area contributed by atoms with Gasteiger partial charge < -0.3 is 5.11 Å². The number of hydrogen-bond acceptors (Lipinski definition) is 4. The maximum absolute atomic E-state index is 11.3. The molecule has 1 heterocycles. The predicted molar refractivity (Wildman–Crippen MR) is 57.4 cm³/mol. The fraction of sp³-hybridized carbons (Fsp3) is 0.333. The fourth-order valence-electron chi connectivity index (χ4n) is 1.03. The molecule has 1 aromatic rings. The molecule has 0 fully saturated rings. The monoisotopic (exact) mass is 244 g/mol. The van der Waals surface area contributed by atoms with Crippen molar-refractivity contribution < 1.29 is 18.3 Å². The molecule has 0 aromatic carbocycles. The SMILES string of the molecule is O=C(O)CNS(=O)(=O)CCc1ccccn1. The third-order valence-corrected chi connectivity index (χ3v) is 3.12. The Labute approximate surface area is 93.4 Å². The second kappa shape index (κ2) is 5.57. The zero-order chi connectivity index (χ0) is 12.0. The highest BCUT2D eigenvalue weighted by atomic mass is 32.2. The lowest BCUT2D eigenvalue weighted by Crippen LogP contribution is -2.32. The lowest BCUT2D eigenvalue weighted by Gasteiger charge is -2.03. The maximum Gasteiger partial charge on any atom is 0.318 e. The van der Waals surface area contributed by atoms with Crippen molar-refractivity contribution in [1.82, 2.24) is 9.71 Å². The van der Waals surface area contributed by atoms with E-state index in [4.69, 9.17) is 5.11 Å². The second-order valence-electron chi connectivity index (χ2n) is 3.10. The second-order valence-corrected chi connectivity index (χ2v) is 5.03. The van der Waals surface area contributed by atoms with Crippen LogP contribution in [0.4, 0.5) is 0 Å². The summed E-state index contributed by atoms with van der Waals surface area (Å²) in [5, 5.41) is 8.32. The Morgan fingerprint density at radius 3 is 2.75 bits per heavy atom. The largest absolute Gasteiger partial charge is 0.480 e. The van der Waals surface area contributed by atoms with E-state index in [2.05, 4.69) is 4.98 Å². The van der Waals surface area contributed by atoms with Crippen molar-refractivity contribution in [2.75, 3.05) is 12.3 Å². The molecule has 0 aliphatic heterocycles. The zero-order valence-corrected chi connectivity index (χ0v) is 9.27. The molecule has 88 valence electrons. The number of pyridine rings is 1. The molecule has 0 aliphatic carbocycles. The first-order valence-corrected chi connectivity index (χ1v) is 6.24. The number of carbonyl (C=O) groups is 1. The fourth-order valence-corrected chi connectivity index (χ4v) is 1.99. The van der Waals surface area contributed by atoms with Crippen molar-refractivity contribution in [2.45, 2.75) is 6.42 Å². The van der Waals surface area contributed by atoms with Crippen molar-refractivity contribution in [3.8, 4) is 0 Å². The molecular formula is C9H12N2O4S. The standard InChI is InChI=1S/C9H12N2O4S/c12-9(13)7-11-16(14,15)6-4-8-3-1-2-5-10-8/h1-3,5,11H,4,6-7H2,(H,12,13). The summed E-state index contributed by atoms with van der Waals surface area (Å²) in [6, 6.07) is 5.22. The van der Waals surface area contributed by atoms with Crippen molar-refractivity contribution in [3.63, 3.8) is 0 Å². The Hall–Kier alpha value is -1.47. The number of hydrogen-bond donors (Lipinski definition) is 2. The van der Waals surface area contributed by atoms with E-state index in [9.17, 15) is 13.2 Å². The third kappa shape index (κ3) is 4.85. The first-order chi connectivity index (χ1) is 7.49. The smallest absolute Gasteiger partial charge is 0.318 e. The molecule has 0 atom stereocenters. The topological polar surface area (TPSA) is 96.4 Å². The van der Waals surface area contributed by atoms with Gasteiger partial charge in [-0.15, -0.1) is 0 Å². The highest BCUT2D eigenvalue weighted by Crippen LogP contribution is 1.97. The summed E-state index contributed by atoms with van der Waals surface area (Å²) in [7, 11) is -3.55. The van der Waals surface area contributed by atoms with Crippen molar-refractivity contribution in [3.05, 3.63) is 30.1 Å². The van der Waals surface area contributed by atoms with Crippen LogP contribution >= 0.6 is 0 Å². The average Bonchev–Trinajstić information content (AvgIpc) is 2.26. The van der Waals surface area contributed by atoms with Gasteiger partial charge in [-0.1, -0.05) is 6.07 Å². The summed E-state index contributed by atoms with van der Waals surface area (Å²) in [6.45, 7) is -0.593. The van der Waals surface area contributed by atoms with Crippen LogP contribution in [0, 0.1) is 0 Å². The molecule has 2 N–H and O–H groups in total. The van der Waals surface area contributed by atoms with Crippen LogP contribution in [0.5, 0.6) is 0 Å². The summed E-state index contributed by atoms with van der Waals surface area (Å²) in [5.41, 5.74) is 0.656. The van der Waals surface area contributed by atoms with Crippen LogP contribution in [0.2, 0.25) is 0 Å². The summed E-state index contributed by atoms with van der Waals surface area (Å²) in [4.78, 5) is 14.1. The number of nitrogens with zero attached hydrogens (tertiary/aromatic N) is 1.